The molecular weight excluding hydrogens is 458 g/mol. The molecule has 1 aliphatic rings. The van der Waals surface area contributed by atoms with Crippen LogP contribution in [0.2, 0.25) is 0 Å². The Morgan fingerprint density at radius 3 is 2.47 bits per heavy atom. The van der Waals surface area contributed by atoms with Gasteiger partial charge in [0.25, 0.3) is 5.91 Å². The Bertz CT molecular complexity index is 1270. The number of anilines is 1. The van der Waals surface area contributed by atoms with Gasteiger partial charge in [0.1, 0.15) is 17.6 Å². The number of amides is 1. The molecule has 1 atom stereocenters. The highest BCUT2D eigenvalue weighted by Crippen LogP contribution is 2.37. The van der Waals surface area contributed by atoms with Gasteiger partial charge in [0.05, 0.1) is 11.3 Å². The molecule has 1 amide bonds. The third kappa shape index (κ3) is 5.24. The van der Waals surface area contributed by atoms with Crippen LogP contribution in [-0.2, 0) is 15.6 Å². The molecule has 11 heteroatoms. The van der Waals surface area contributed by atoms with Crippen LogP contribution in [0, 0.1) is 6.92 Å². The third-order valence-corrected chi connectivity index (χ3v) is 6.16. The number of carbonyl (C=O) groups excluding carboxylic acids is 1. The van der Waals surface area contributed by atoms with Crippen molar-refractivity contribution in [1.82, 2.24) is 9.62 Å². The maximum Gasteiger partial charge on any atom is 0.345 e. The van der Waals surface area contributed by atoms with E-state index in [-0.39, 0.29) is 34.6 Å². The number of nitrogens with zero attached hydrogens (tertiary/aromatic N) is 3. The summed E-state index contributed by atoms with van der Waals surface area (Å²) in [5.41, 5.74) is 0.495. The van der Waals surface area contributed by atoms with Crippen molar-refractivity contribution in [1.29, 1.82) is 0 Å². The lowest BCUT2D eigenvalue weighted by molar-refractivity contribution is 0.0822. The fraction of sp³-hybridized carbons (Fsp3) is 0.435. The van der Waals surface area contributed by atoms with E-state index in [0.717, 1.165) is 5.76 Å². The van der Waals surface area contributed by atoms with Gasteiger partial charge in [0, 0.05) is 14.1 Å². The number of phenolic OH excluding ortho intramolecular Hbond substituents is 1. The van der Waals surface area contributed by atoms with Gasteiger partial charge in [-0.05, 0) is 42.5 Å². The molecular formula is C23H31N5O5S. The molecule has 10 nitrogen and oxygen atoms in total. The molecule has 0 aliphatic carbocycles. The van der Waals surface area contributed by atoms with Gasteiger partial charge in [-0.15, -0.1) is 4.40 Å². The maximum absolute atomic E-state index is 12.9. The standard InChI is InChI=1S/C23H31N5O5S/c1-8-15(17-12-9-13(2)33-17)24-20-21(27-34(31,32)26-20)25-16-11-10-14(23(3,4)5)18(19(16)29)22(30)28(6)7/h9-12,15,29H,8H2,1-7H3,(H,24,26)(H,25,27)/t15-/m1/s1. The average molecular weight is 490 g/mol. The van der Waals surface area contributed by atoms with Crippen molar-refractivity contribution in [2.75, 3.05) is 19.4 Å². The van der Waals surface area contributed by atoms with Crippen LogP contribution in [-0.4, -0.2) is 50.1 Å². The van der Waals surface area contributed by atoms with Gasteiger partial charge >= 0.3 is 10.2 Å². The summed E-state index contributed by atoms with van der Waals surface area (Å²) in [5, 5.41) is 13.9. The number of nitrogens with one attached hydrogen (secondary N) is 2. The van der Waals surface area contributed by atoms with Crippen LogP contribution in [0.5, 0.6) is 5.75 Å². The predicted molar refractivity (Wildman–Crippen MR) is 132 cm³/mol. The van der Waals surface area contributed by atoms with Crippen molar-refractivity contribution in [3.05, 3.63) is 46.9 Å². The number of phenols is 1. The second-order valence-electron chi connectivity index (χ2n) is 9.33. The Kier molecular flexibility index (Phi) is 6.79. The van der Waals surface area contributed by atoms with E-state index in [0.29, 0.717) is 17.7 Å². The predicted octanol–water partition coefficient (Wildman–Crippen LogP) is 3.50. The molecule has 2 heterocycles. The second-order valence-corrected chi connectivity index (χ2v) is 10.7. The highest BCUT2D eigenvalue weighted by Gasteiger charge is 2.31. The third-order valence-electron chi connectivity index (χ3n) is 5.28. The van der Waals surface area contributed by atoms with E-state index < -0.39 is 21.7 Å². The molecule has 1 aromatic heterocycles. The van der Waals surface area contributed by atoms with Crippen molar-refractivity contribution in [3.63, 3.8) is 0 Å². The quantitative estimate of drug-likeness (QED) is 0.550. The van der Waals surface area contributed by atoms with E-state index in [1.807, 2.05) is 40.7 Å². The van der Waals surface area contributed by atoms with Crippen molar-refractivity contribution in [2.24, 2.45) is 9.39 Å². The minimum absolute atomic E-state index is 0.0133. The summed E-state index contributed by atoms with van der Waals surface area (Å²) in [6.07, 6.45) is 0.554. The zero-order valence-electron chi connectivity index (χ0n) is 20.4. The number of furan rings is 1. The molecule has 184 valence electrons. The molecule has 1 aliphatic heterocycles. The van der Waals surface area contributed by atoms with E-state index in [1.165, 1.54) is 4.90 Å². The zero-order valence-corrected chi connectivity index (χ0v) is 21.2. The van der Waals surface area contributed by atoms with E-state index in [1.54, 1.807) is 32.3 Å². The number of aliphatic imine (C=N–C) groups is 1. The molecule has 0 bridgehead atoms. The lowest BCUT2D eigenvalue weighted by atomic mass is 9.82. The van der Waals surface area contributed by atoms with Crippen LogP contribution in [0.3, 0.4) is 0 Å². The van der Waals surface area contributed by atoms with Crippen molar-refractivity contribution >= 4 is 33.5 Å². The van der Waals surface area contributed by atoms with E-state index in [2.05, 4.69) is 19.4 Å². The second kappa shape index (κ2) is 9.13. The van der Waals surface area contributed by atoms with Crippen LogP contribution >= 0.6 is 0 Å². The summed E-state index contributed by atoms with van der Waals surface area (Å²) in [4.78, 5) is 18.8. The zero-order chi connectivity index (χ0) is 25.4. The molecule has 0 spiro atoms. The van der Waals surface area contributed by atoms with Gasteiger partial charge in [-0.25, -0.2) is 4.72 Å². The number of hydrogen-bond acceptors (Lipinski definition) is 7. The van der Waals surface area contributed by atoms with Gasteiger partial charge < -0.3 is 19.7 Å². The lowest BCUT2D eigenvalue weighted by Gasteiger charge is -2.25. The molecule has 0 saturated carbocycles. The Hall–Kier alpha value is -3.34. The number of benzene rings is 1. The normalized spacial score (nSPS) is 17.3. The van der Waals surface area contributed by atoms with E-state index in [9.17, 15) is 18.3 Å². The van der Waals surface area contributed by atoms with Crippen molar-refractivity contribution < 1.29 is 22.7 Å². The Morgan fingerprint density at radius 2 is 1.94 bits per heavy atom. The SMILES string of the molecule is CC[C@@H](N=C1NS(=O)(=O)N=C1Nc1ccc(C(C)(C)C)c(C(=O)N(C)C)c1O)c1ccc(C)o1. The first-order valence-electron chi connectivity index (χ1n) is 10.9. The molecule has 0 unspecified atom stereocenters. The fourth-order valence-corrected chi connectivity index (χ4v) is 4.37. The van der Waals surface area contributed by atoms with Crippen LogP contribution in [0.25, 0.3) is 0 Å². The molecule has 1 aromatic carbocycles. The van der Waals surface area contributed by atoms with Crippen LogP contribution < -0.4 is 10.0 Å². The first-order valence-corrected chi connectivity index (χ1v) is 12.3. The number of carbonyl (C=O) groups is 1. The number of hydrogen-bond donors (Lipinski definition) is 3. The topological polar surface area (TPSA) is 137 Å². The highest BCUT2D eigenvalue weighted by molar-refractivity contribution is 7.89. The highest BCUT2D eigenvalue weighted by atomic mass is 32.2. The lowest BCUT2D eigenvalue weighted by Crippen LogP contribution is -2.31. The molecule has 0 radical (unpaired) electrons. The van der Waals surface area contributed by atoms with Crippen LogP contribution in [0.15, 0.2) is 38.1 Å². The summed E-state index contributed by atoms with van der Waals surface area (Å²) in [6, 6.07) is 6.47. The van der Waals surface area contributed by atoms with Gasteiger partial charge in [-0.3, -0.25) is 9.79 Å². The molecule has 0 fully saturated rings. The maximum atomic E-state index is 12.9. The molecule has 3 N–H and O–H groups in total. The minimum atomic E-state index is -4.02. The molecule has 2 aromatic rings. The van der Waals surface area contributed by atoms with Gasteiger partial charge in [-0.2, -0.15) is 8.42 Å². The smallest absolute Gasteiger partial charge is 0.345 e. The van der Waals surface area contributed by atoms with E-state index in [4.69, 9.17) is 4.42 Å². The number of amidine groups is 2. The summed E-state index contributed by atoms with van der Waals surface area (Å²) in [5.74, 6) is 0.526. The first kappa shape index (κ1) is 25.3. The summed E-state index contributed by atoms with van der Waals surface area (Å²) in [7, 11) is -0.832. The average Bonchev–Trinajstić information content (AvgIpc) is 3.27. The van der Waals surface area contributed by atoms with Gasteiger partial charge in [-0.1, -0.05) is 33.8 Å². The largest absolute Gasteiger partial charge is 0.505 e. The van der Waals surface area contributed by atoms with Gasteiger partial charge in [0.15, 0.2) is 17.4 Å². The Labute approximate surface area is 200 Å². The summed E-state index contributed by atoms with van der Waals surface area (Å²) in [6.45, 7) is 9.52. The number of rotatable bonds is 5. The summed E-state index contributed by atoms with van der Waals surface area (Å²) >= 11 is 0. The number of aryl methyl sites for hydroxylation is 1. The fourth-order valence-electron chi connectivity index (χ4n) is 3.56. The van der Waals surface area contributed by atoms with Crippen LogP contribution in [0.1, 0.15) is 67.6 Å². The number of aromatic hydroxyl groups is 1. The van der Waals surface area contributed by atoms with Crippen LogP contribution in [0.4, 0.5) is 5.69 Å². The molecule has 3 rings (SSSR count). The molecule has 0 saturated heterocycles. The first-order chi connectivity index (χ1) is 15.7. The Balaban J connectivity index is 2.06. The minimum Gasteiger partial charge on any atom is -0.505 e. The van der Waals surface area contributed by atoms with E-state index >= 15 is 0 Å². The summed E-state index contributed by atoms with van der Waals surface area (Å²) < 4.78 is 36.1. The van der Waals surface area contributed by atoms with Crippen molar-refractivity contribution in [2.45, 2.75) is 52.5 Å². The Morgan fingerprint density at radius 1 is 1.26 bits per heavy atom. The van der Waals surface area contributed by atoms with Crippen molar-refractivity contribution in [3.8, 4) is 5.75 Å². The monoisotopic (exact) mass is 489 g/mol. The molecule has 34 heavy (non-hydrogen) atoms. The van der Waals surface area contributed by atoms with Gasteiger partial charge in [0.2, 0.25) is 0 Å².